The van der Waals surface area contributed by atoms with Crippen LogP contribution in [0.4, 0.5) is 0 Å². The van der Waals surface area contributed by atoms with E-state index in [-0.39, 0.29) is 22.2 Å². The Morgan fingerprint density at radius 1 is 1.29 bits per heavy atom. The average molecular weight is 287 g/mol. The maximum absolute atomic E-state index is 5.14. The SMILES string of the molecule is NC(=S)N/N=C/c1cc[cH-]c1.[Fe+2].c1cc[cH-]c1. The van der Waals surface area contributed by atoms with E-state index in [1.807, 2.05) is 54.6 Å². The average Bonchev–Trinajstić information content (AvgIpc) is 2.93. The van der Waals surface area contributed by atoms with Crippen LogP contribution in [0.3, 0.4) is 0 Å². The number of nitrogens with zero attached hydrogens (tertiary/aromatic N) is 1. The van der Waals surface area contributed by atoms with Crippen LogP contribution in [0.25, 0.3) is 0 Å². The number of nitrogens with two attached hydrogens (primary N) is 1. The molecule has 0 atom stereocenters. The summed E-state index contributed by atoms with van der Waals surface area (Å²) in [5, 5.41) is 3.95. The fraction of sp³-hybridized carbons (Fsp3) is 0. The minimum absolute atomic E-state index is 0. The first-order valence-electron chi connectivity index (χ1n) is 4.76. The van der Waals surface area contributed by atoms with Crippen molar-refractivity contribution in [1.29, 1.82) is 0 Å². The molecule has 3 nitrogen and oxygen atoms in total. The number of hydrogen-bond acceptors (Lipinski definition) is 2. The molecule has 3 N–H and O–H groups in total. The minimum atomic E-state index is 0. The van der Waals surface area contributed by atoms with Gasteiger partial charge in [0.1, 0.15) is 0 Å². The molecule has 17 heavy (non-hydrogen) atoms. The zero-order valence-electron chi connectivity index (χ0n) is 9.06. The third-order valence-electron chi connectivity index (χ3n) is 1.63. The number of hydrazone groups is 1. The maximum atomic E-state index is 5.14. The van der Waals surface area contributed by atoms with Gasteiger partial charge in [-0.2, -0.15) is 47.1 Å². The third-order valence-corrected chi connectivity index (χ3v) is 1.72. The summed E-state index contributed by atoms with van der Waals surface area (Å²) in [6, 6.07) is 17.7. The fourth-order valence-corrected chi connectivity index (χ4v) is 1.02. The molecule has 0 bridgehead atoms. The molecule has 90 valence electrons. The van der Waals surface area contributed by atoms with Crippen molar-refractivity contribution >= 4 is 23.5 Å². The smallest absolute Gasteiger partial charge is 0.375 e. The van der Waals surface area contributed by atoms with Crippen LogP contribution in [0.1, 0.15) is 5.56 Å². The summed E-state index contributed by atoms with van der Waals surface area (Å²) >= 11 is 4.54. The predicted octanol–water partition coefficient (Wildman–Crippen LogP) is 1.98. The first kappa shape index (κ1) is 15.6. The number of thiocarbonyl (C=S) groups is 1. The Hall–Kier alpha value is -1.42. The molecule has 0 aliphatic rings. The van der Waals surface area contributed by atoms with E-state index in [1.165, 1.54) is 0 Å². The molecular formula is C12H13FeN3S. The predicted molar refractivity (Wildman–Crippen MR) is 71.6 cm³/mol. The third kappa shape index (κ3) is 8.39. The van der Waals surface area contributed by atoms with Crippen LogP contribution in [0.2, 0.25) is 0 Å². The normalized spacial score (nSPS) is 8.94. The van der Waals surface area contributed by atoms with Gasteiger partial charge in [0, 0.05) is 0 Å². The van der Waals surface area contributed by atoms with Crippen molar-refractivity contribution in [1.82, 2.24) is 5.43 Å². The summed E-state index contributed by atoms with van der Waals surface area (Å²) in [6.07, 6.45) is 1.65. The van der Waals surface area contributed by atoms with Gasteiger partial charge in [-0.15, -0.1) is 0 Å². The van der Waals surface area contributed by atoms with Gasteiger partial charge >= 0.3 is 17.1 Å². The zero-order chi connectivity index (χ0) is 11.6. The van der Waals surface area contributed by atoms with Crippen molar-refractivity contribution < 1.29 is 17.1 Å². The Morgan fingerprint density at radius 3 is 2.41 bits per heavy atom. The standard InChI is InChI=1S/C7H8N3S.C5H5.Fe/c8-7(11)10-9-5-6-3-1-2-4-6;1-2-4-5-3-1;/h1-5H,(H3,8,10,11);1-5H;/q2*-1;+2/b9-5+;;. The molecule has 0 heterocycles. The molecule has 0 aromatic heterocycles. The molecule has 0 aliphatic carbocycles. The first-order valence-corrected chi connectivity index (χ1v) is 5.17. The van der Waals surface area contributed by atoms with Crippen LogP contribution in [0.5, 0.6) is 0 Å². The second-order valence-electron chi connectivity index (χ2n) is 2.91. The van der Waals surface area contributed by atoms with Crippen LogP contribution < -0.4 is 11.2 Å². The van der Waals surface area contributed by atoms with Gasteiger partial charge in [0.2, 0.25) is 0 Å². The van der Waals surface area contributed by atoms with E-state index < -0.39 is 0 Å². The number of nitrogens with one attached hydrogen (secondary N) is 1. The maximum Gasteiger partial charge on any atom is 2.00 e. The van der Waals surface area contributed by atoms with Gasteiger partial charge in [-0.3, -0.25) is 5.43 Å². The van der Waals surface area contributed by atoms with Crippen LogP contribution >= 0.6 is 12.2 Å². The molecule has 0 saturated carbocycles. The van der Waals surface area contributed by atoms with Crippen LogP contribution in [0.15, 0.2) is 59.7 Å². The van der Waals surface area contributed by atoms with E-state index in [1.54, 1.807) is 6.21 Å². The molecule has 5 heteroatoms. The second-order valence-corrected chi connectivity index (χ2v) is 3.35. The van der Waals surface area contributed by atoms with Gasteiger partial charge in [0.05, 0.1) is 0 Å². The second kappa shape index (κ2) is 9.78. The van der Waals surface area contributed by atoms with Crippen molar-refractivity contribution in [3.05, 3.63) is 60.2 Å². The largest absolute Gasteiger partial charge is 2.00 e. The van der Waals surface area contributed by atoms with Crippen LogP contribution in [0, 0.1) is 0 Å². The summed E-state index contributed by atoms with van der Waals surface area (Å²) in [5.41, 5.74) is 8.62. The van der Waals surface area contributed by atoms with Gasteiger partial charge in [0.15, 0.2) is 5.11 Å². The molecule has 0 radical (unpaired) electrons. The van der Waals surface area contributed by atoms with E-state index in [0.717, 1.165) is 5.56 Å². The van der Waals surface area contributed by atoms with Gasteiger partial charge in [0.25, 0.3) is 0 Å². The Labute approximate surface area is 117 Å². The molecule has 2 aromatic carbocycles. The Balaban J connectivity index is 0.000000360. The van der Waals surface area contributed by atoms with Gasteiger partial charge in [-0.1, -0.05) is 0 Å². The molecule has 0 aliphatic heterocycles. The van der Waals surface area contributed by atoms with E-state index >= 15 is 0 Å². The van der Waals surface area contributed by atoms with Crippen molar-refractivity contribution in [3.63, 3.8) is 0 Å². The van der Waals surface area contributed by atoms with Crippen molar-refractivity contribution in [2.45, 2.75) is 0 Å². The number of rotatable bonds is 2. The van der Waals surface area contributed by atoms with Crippen molar-refractivity contribution in [3.8, 4) is 0 Å². The Bertz CT molecular complexity index is 390. The van der Waals surface area contributed by atoms with E-state index in [2.05, 4.69) is 22.7 Å². The van der Waals surface area contributed by atoms with Gasteiger partial charge < -0.3 is 5.73 Å². The molecule has 0 fully saturated rings. The molecular weight excluding hydrogens is 274 g/mol. The Morgan fingerprint density at radius 2 is 2.00 bits per heavy atom. The van der Waals surface area contributed by atoms with Crippen molar-refractivity contribution in [2.75, 3.05) is 0 Å². The quantitative estimate of drug-likeness (QED) is 0.292. The number of hydrogen-bond donors (Lipinski definition) is 2. The molecule has 0 unspecified atom stereocenters. The van der Waals surface area contributed by atoms with Crippen molar-refractivity contribution in [2.24, 2.45) is 10.8 Å². The summed E-state index contributed by atoms with van der Waals surface area (Å²) in [7, 11) is 0. The van der Waals surface area contributed by atoms with Crippen LogP contribution in [-0.2, 0) is 17.1 Å². The molecule has 2 rings (SSSR count). The first-order chi connectivity index (χ1) is 7.79. The summed E-state index contributed by atoms with van der Waals surface area (Å²) < 4.78 is 0. The monoisotopic (exact) mass is 287 g/mol. The minimum Gasteiger partial charge on any atom is -0.375 e. The van der Waals surface area contributed by atoms with E-state index in [9.17, 15) is 0 Å². The Kier molecular flexibility index (Phi) is 8.96. The van der Waals surface area contributed by atoms with Crippen LogP contribution in [-0.4, -0.2) is 11.3 Å². The zero-order valence-corrected chi connectivity index (χ0v) is 11.0. The summed E-state index contributed by atoms with van der Waals surface area (Å²) in [4.78, 5) is 0. The molecule has 2 aromatic rings. The molecule has 0 saturated heterocycles. The van der Waals surface area contributed by atoms with E-state index in [4.69, 9.17) is 5.73 Å². The molecule has 0 spiro atoms. The van der Waals surface area contributed by atoms with E-state index in [0.29, 0.717) is 0 Å². The summed E-state index contributed by atoms with van der Waals surface area (Å²) in [6.45, 7) is 0. The molecule has 0 amide bonds. The van der Waals surface area contributed by atoms with Gasteiger partial charge in [-0.05, 0) is 18.4 Å². The fourth-order valence-electron chi connectivity index (χ4n) is 0.966. The summed E-state index contributed by atoms with van der Waals surface area (Å²) in [5.74, 6) is 0. The topological polar surface area (TPSA) is 50.4 Å². The van der Waals surface area contributed by atoms with Gasteiger partial charge in [-0.25, -0.2) is 18.2 Å².